The minimum absolute atomic E-state index is 0.196. The third-order valence-corrected chi connectivity index (χ3v) is 2.44. The molecule has 90 valence electrons. The molecule has 0 unspecified atom stereocenters. The van der Waals surface area contributed by atoms with Gasteiger partial charge in [-0.2, -0.15) is 8.78 Å². The molecule has 1 heterocycles. The Balaban J connectivity index is 3.09. The summed E-state index contributed by atoms with van der Waals surface area (Å²) in [6.07, 6.45) is 1.50. The molecule has 1 N–H and O–H groups in total. The summed E-state index contributed by atoms with van der Waals surface area (Å²) in [6, 6.07) is 1.90. The molecule has 0 aromatic carbocycles. The van der Waals surface area contributed by atoms with Gasteiger partial charge in [0.05, 0.1) is 11.9 Å². The molecule has 0 bridgehead atoms. The minimum Gasteiger partial charge on any atom is -0.328 e. The Kier molecular flexibility index (Phi) is 4.21. The van der Waals surface area contributed by atoms with Crippen molar-refractivity contribution in [2.45, 2.75) is 46.1 Å². The molecular formula is C12H18F2N2. The first-order valence-electron chi connectivity index (χ1n) is 5.46. The third-order valence-electron chi connectivity index (χ3n) is 2.44. The molecule has 0 atom stereocenters. The van der Waals surface area contributed by atoms with Crippen molar-refractivity contribution in [3.63, 3.8) is 0 Å². The summed E-state index contributed by atoms with van der Waals surface area (Å²) < 4.78 is 24.6. The Labute approximate surface area is 95.1 Å². The van der Waals surface area contributed by atoms with E-state index in [-0.39, 0.29) is 5.92 Å². The SMILES string of the molecule is CC(C)c1cc(C(C)C)c(NC(F)F)cn1. The Hall–Kier alpha value is -1.19. The summed E-state index contributed by atoms with van der Waals surface area (Å²) in [5.74, 6) is 0.500. The number of aromatic nitrogens is 1. The van der Waals surface area contributed by atoms with E-state index in [2.05, 4.69) is 10.3 Å². The molecule has 1 rings (SSSR count). The largest absolute Gasteiger partial charge is 0.328 e. The molecular weight excluding hydrogens is 210 g/mol. The summed E-state index contributed by atoms with van der Waals surface area (Å²) in [5.41, 5.74) is 2.25. The molecule has 0 aliphatic rings. The lowest BCUT2D eigenvalue weighted by molar-refractivity contribution is 0.181. The maximum atomic E-state index is 12.3. The van der Waals surface area contributed by atoms with E-state index in [9.17, 15) is 8.78 Å². The molecule has 0 saturated heterocycles. The second-order valence-electron chi connectivity index (χ2n) is 4.45. The van der Waals surface area contributed by atoms with Crippen LogP contribution in [0.1, 0.15) is 50.8 Å². The highest BCUT2D eigenvalue weighted by atomic mass is 19.3. The fourth-order valence-corrected chi connectivity index (χ4v) is 1.52. The topological polar surface area (TPSA) is 24.9 Å². The maximum Gasteiger partial charge on any atom is 0.313 e. The Bertz CT molecular complexity index is 349. The van der Waals surface area contributed by atoms with Crippen LogP contribution < -0.4 is 5.32 Å². The first-order valence-corrected chi connectivity index (χ1v) is 5.46. The van der Waals surface area contributed by atoms with E-state index in [1.807, 2.05) is 33.8 Å². The number of anilines is 1. The summed E-state index contributed by atoms with van der Waals surface area (Å²) in [7, 11) is 0. The van der Waals surface area contributed by atoms with E-state index in [1.165, 1.54) is 6.20 Å². The zero-order valence-electron chi connectivity index (χ0n) is 10.1. The van der Waals surface area contributed by atoms with Crippen LogP contribution in [-0.2, 0) is 0 Å². The van der Waals surface area contributed by atoms with E-state index in [0.717, 1.165) is 11.3 Å². The van der Waals surface area contributed by atoms with Crippen molar-refractivity contribution in [3.8, 4) is 0 Å². The quantitative estimate of drug-likeness (QED) is 0.789. The van der Waals surface area contributed by atoms with Crippen LogP contribution in [0.5, 0.6) is 0 Å². The molecule has 2 nitrogen and oxygen atoms in total. The predicted octanol–water partition coefficient (Wildman–Crippen LogP) is 3.96. The highest BCUT2D eigenvalue weighted by molar-refractivity contribution is 5.51. The van der Waals surface area contributed by atoms with Crippen LogP contribution >= 0.6 is 0 Å². The zero-order chi connectivity index (χ0) is 12.3. The van der Waals surface area contributed by atoms with Crippen molar-refractivity contribution in [2.24, 2.45) is 0 Å². The Morgan fingerprint density at radius 1 is 1.12 bits per heavy atom. The van der Waals surface area contributed by atoms with Crippen molar-refractivity contribution in [1.29, 1.82) is 0 Å². The van der Waals surface area contributed by atoms with E-state index in [0.29, 0.717) is 11.6 Å². The van der Waals surface area contributed by atoms with Gasteiger partial charge in [0.25, 0.3) is 0 Å². The van der Waals surface area contributed by atoms with Crippen LogP contribution in [0.4, 0.5) is 14.5 Å². The fraction of sp³-hybridized carbons (Fsp3) is 0.583. The smallest absolute Gasteiger partial charge is 0.313 e. The van der Waals surface area contributed by atoms with Gasteiger partial charge in [-0.05, 0) is 23.5 Å². The molecule has 0 radical (unpaired) electrons. The lowest BCUT2D eigenvalue weighted by Crippen LogP contribution is -2.10. The van der Waals surface area contributed by atoms with Crippen molar-refractivity contribution in [1.82, 2.24) is 4.98 Å². The highest BCUT2D eigenvalue weighted by Gasteiger charge is 2.13. The Morgan fingerprint density at radius 3 is 2.19 bits per heavy atom. The van der Waals surface area contributed by atoms with Gasteiger partial charge < -0.3 is 5.32 Å². The number of hydrogen-bond donors (Lipinski definition) is 1. The number of nitrogens with zero attached hydrogens (tertiary/aromatic N) is 1. The van der Waals surface area contributed by atoms with Gasteiger partial charge in [-0.3, -0.25) is 4.98 Å². The maximum absolute atomic E-state index is 12.3. The van der Waals surface area contributed by atoms with Crippen LogP contribution in [0.2, 0.25) is 0 Å². The molecule has 4 heteroatoms. The number of rotatable bonds is 4. The number of alkyl halides is 2. The van der Waals surface area contributed by atoms with Gasteiger partial charge in [-0.25, -0.2) is 0 Å². The number of halogens is 2. The monoisotopic (exact) mass is 228 g/mol. The Morgan fingerprint density at radius 2 is 1.75 bits per heavy atom. The molecule has 16 heavy (non-hydrogen) atoms. The van der Waals surface area contributed by atoms with Crippen molar-refractivity contribution >= 4 is 5.69 Å². The predicted molar refractivity (Wildman–Crippen MR) is 62.0 cm³/mol. The van der Waals surface area contributed by atoms with Gasteiger partial charge in [0.1, 0.15) is 0 Å². The van der Waals surface area contributed by atoms with Gasteiger partial charge in [0, 0.05) is 5.69 Å². The van der Waals surface area contributed by atoms with E-state index in [4.69, 9.17) is 0 Å². The third kappa shape index (κ3) is 3.15. The average Bonchev–Trinajstić information content (AvgIpc) is 2.16. The van der Waals surface area contributed by atoms with Crippen LogP contribution in [-0.4, -0.2) is 11.5 Å². The standard InChI is InChI=1S/C12H18F2N2/c1-7(2)9-5-10(8(3)4)15-6-11(9)16-12(13)14/h5-8,12,16H,1-4H3. The van der Waals surface area contributed by atoms with Crippen LogP contribution in [0.15, 0.2) is 12.3 Å². The van der Waals surface area contributed by atoms with Gasteiger partial charge in [0.2, 0.25) is 0 Å². The minimum atomic E-state index is -2.55. The molecule has 0 aliphatic heterocycles. The van der Waals surface area contributed by atoms with Crippen molar-refractivity contribution in [2.75, 3.05) is 5.32 Å². The average molecular weight is 228 g/mol. The van der Waals surface area contributed by atoms with Crippen molar-refractivity contribution < 1.29 is 8.78 Å². The normalized spacial score (nSPS) is 11.6. The fourth-order valence-electron chi connectivity index (χ4n) is 1.52. The highest BCUT2D eigenvalue weighted by Crippen LogP contribution is 2.27. The molecule has 0 spiro atoms. The molecule has 0 amide bonds. The number of nitrogens with one attached hydrogen (secondary N) is 1. The molecule has 0 aliphatic carbocycles. The molecule has 0 saturated carbocycles. The second-order valence-corrected chi connectivity index (χ2v) is 4.45. The van der Waals surface area contributed by atoms with Crippen LogP contribution in [0.25, 0.3) is 0 Å². The van der Waals surface area contributed by atoms with Gasteiger partial charge >= 0.3 is 6.55 Å². The van der Waals surface area contributed by atoms with Gasteiger partial charge in [-0.1, -0.05) is 27.7 Å². The lowest BCUT2D eigenvalue weighted by Gasteiger charge is -2.16. The van der Waals surface area contributed by atoms with Crippen LogP contribution in [0.3, 0.4) is 0 Å². The summed E-state index contributed by atoms with van der Waals surface area (Å²) in [5, 5.41) is 2.12. The number of hydrogen-bond acceptors (Lipinski definition) is 2. The van der Waals surface area contributed by atoms with Gasteiger partial charge in [-0.15, -0.1) is 0 Å². The first-order chi connectivity index (χ1) is 7.41. The van der Waals surface area contributed by atoms with Crippen LogP contribution in [0, 0.1) is 0 Å². The molecule has 1 aromatic rings. The molecule has 0 fully saturated rings. The number of pyridine rings is 1. The summed E-state index contributed by atoms with van der Waals surface area (Å²) >= 11 is 0. The van der Waals surface area contributed by atoms with Crippen molar-refractivity contribution in [3.05, 3.63) is 23.5 Å². The first kappa shape index (κ1) is 12.9. The summed E-state index contributed by atoms with van der Waals surface area (Å²) in [6.45, 7) is 5.48. The van der Waals surface area contributed by atoms with E-state index in [1.54, 1.807) is 0 Å². The second kappa shape index (κ2) is 5.23. The molecule has 1 aromatic heterocycles. The van der Waals surface area contributed by atoms with Gasteiger partial charge in [0.15, 0.2) is 0 Å². The van der Waals surface area contributed by atoms with E-state index >= 15 is 0 Å². The van der Waals surface area contributed by atoms with E-state index < -0.39 is 6.55 Å². The zero-order valence-corrected chi connectivity index (χ0v) is 10.1. The lowest BCUT2D eigenvalue weighted by atomic mass is 9.99. The summed E-state index contributed by atoms with van der Waals surface area (Å²) in [4.78, 5) is 4.18.